The number of H-pyrrole nitrogens is 1. The first-order valence-electron chi connectivity index (χ1n) is 13.5. The minimum absolute atomic E-state index is 0.133. The van der Waals surface area contributed by atoms with E-state index in [1.165, 1.54) is 17.7 Å². The van der Waals surface area contributed by atoms with E-state index in [2.05, 4.69) is 63.5 Å². The maximum absolute atomic E-state index is 13.5. The first kappa shape index (κ1) is 27.2. The smallest absolute Gasteiger partial charge is 0.252 e. The third-order valence-corrected chi connectivity index (χ3v) is 7.01. The molecule has 0 spiro atoms. The van der Waals surface area contributed by atoms with Gasteiger partial charge in [0.15, 0.2) is 5.82 Å². The molecule has 0 saturated heterocycles. The quantitative estimate of drug-likeness (QED) is 0.236. The maximum Gasteiger partial charge on any atom is 0.252 e. The average molecular weight is 541 g/mol. The van der Waals surface area contributed by atoms with Crippen molar-refractivity contribution in [1.82, 2.24) is 30.1 Å². The Kier molecular flexibility index (Phi) is 8.31. The van der Waals surface area contributed by atoms with Crippen molar-refractivity contribution < 1.29 is 9.13 Å². The molecule has 0 saturated carbocycles. The number of hydrogen-bond acceptors (Lipinski definition) is 6. The second kappa shape index (κ2) is 12.2. The molecule has 40 heavy (non-hydrogen) atoms. The van der Waals surface area contributed by atoms with Crippen LogP contribution in [0.3, 0.4) is 0 Å². The molecule has 206 valence electrons. The number of aryl methyl sites for hydroxylation is 1. The summed E-state index contributed by atoms with van der Waals surface area (Å²) < 4.78 is 20.9. The van der Waals surface area contributed by atoms with Gasteiger partial charge in [-0.15, -0.1) is 5.10 Å². The van der Waals surface area contributed by atoms with Gasteiger partial charge >= 0.3 is 0 Å². The number of nitrogens with zero attached hydrogens (tertiary/aromatic N) is 5. The zero-order valence-electron chi connectivity index (χ0n) is 23.0. The van der Waals surface area contributed by atoms with Gasteiger partial charge in [0.2, 0.25) is 0 Å². The maximum atomic E-state index is 13.5. The number of fused-ring (bicyclic) bond motifs is 1. The van der Waals surface area contributed by atoms with Crippen molar-refractivity contribution in [2.24, 2.45) is 0 Å². The normalized spacial score (nSPS) is 12.2. The topological polar surface area (TPSA) is 88.9 Å². The number of aromatic amines is 1. The molecule has 0 aliphatic carbocycles. The second-order valence-electron chi connectivity index (χ2n) is 9.94. The van der Waals surface area contributed by atoms with Crippen LogP contribution in [0.25, 0.3) is 10.9 Å². The van der Waals surface area contributed by atoms with E-state index >= 15 is 0 Å². The van der Waals surface area contributed by atoms with Crippen LogP contribution in [0.2, 0.25) is 0 Å². The number of pyridine rings is 1. The highest BCUT2D eigenvalue weighted by Gasteiger charge is 2.26. The number of aromatic nitrogens is 5. The number of rotatable bonds is 11. The van der Waals surface area contributed by atoms with Gasteiger partial charge < -0.3 is 9.72 Å². The van der Waals surface area contributed by atoms with E-state index in [9.17, 15) is 9.18 Å². The van der Waals surface area contributed by atoms with Gasteiger partial charge in [0, 0.05) is 29.6 Å². The predicted octanol–water partition coefficient (Wildman–Crippen LogP) is 5.56. The highest BCUT2D eigenvalue weighted by molar-refractivity contribution is 5.80. The Hall–Kier alpha value is -4.37. The van der Waals surface area contributed by atoms with Crippen LogP contribution in [0, 0.1) is 12.7 Å². The summed E-state index contributed by atoms with van der Waals surface area (Å²) in [5.41, 5.74) is 4.47. The van der Waals surface area contributed by atoms with E-state index in [-0.39, 0.29) is 17.4 Å². The van der Waals surface area contributed by atoms with Gasteiger partial charge in [-0.2, -0.15) is 0 Å². The highest BCUT2D eigenvalue weighted by atomic mass is 19.1. The van der Waals surface area contributed by atoms with E-state index < -0.39 is 0 Å². The summed E-state index contributed by atoms with van der Waals surface area (Å²) in [4.78, 5) is 18.5. The molecule has 0 radical (unpaired) electrons. The summed E-state index contributed by atoms with van der Waals surface area (Å²) in [7, 11) is 0. The van der Waals surface area contributed by atoms with E-state index in [0.29, 0.717) is 37.6 Å². The van der Waals surface area contributed by atoms with Crippen LogP contribution in [0.15, 0.2) is 77.6 Å². The lowest BCUT2D eigenvalue weighted by Crippen LogP contribution is -2.32. The van der Waals surface area contributed by atoms with Crippen LogP contribution in [0.1, 0.15) is 54.4 Å². The van der Waals surface area contributed by atoms with Crippen molar-refractivity contribution >= 4 is 10.9 Å². The molecule has 3 aromatic carbocycles. The van der Waals surface area contributed by atoms with E-state index in [4.69, 9.17) is 4.74 Å². The van der Waals surface area contributed by atoms with E-state index in [1.807, 2.05) is 31.2 Å². The van der Waals surface area contributed by atoms with Crippen LogP contribution in [0.5, 0.6) is 5.75 Å². The van der Waals surface area contributed by atoms with Crippen LogP contribution >= 0.6 is 0 Å². The monoisotopic (exact) mass is 540 g/mol. The Labute approximate surface area is 232 Å². The molecule has 9 heteroatoms. The fourth-order valence-electron chi connectivity index (χ4n) is 4.96. The van der Waals surface area contributed by atoms with Gasteiger partial charge in [-0.05, 0) is 78.2 Å². The molecule has 2 heterocycles. The number of halogens is 1. The molecule has 2 aromatic heterocycles. The summed E-state index contributed by atoms with van der Waals surface area (Å²) >= 11 is 0. The summed E-state index contributed by atoms with van der Waals surface area (Å²) in [6, 6.07) is 22.2. The van der Waals surface area contributed by atoms with Crippen molar-refractivity contribution in [2.45, 2.75) is 52.9 Å². The summed E-state index contributed by atoms with van der Waals surface area (Å²) in [6.07, 6.45) is 0.718. The van der Waals surface area contributed by atoms with Crippen LogP contribution in [0.4, 0.5) is 4.39 Å². The largest absolute Gasteiger partial charge is 0.494 e. The minimum atomic E-state index is -0.287. The number of tetrazole rings is 1. The van der Waals surface area contributed by atoms with E-state index in [1.54, 1.807) is 16.8 Å². The van der Waals surface area contributed by atoms with Crippen LogP contribution < -0.4 is 10.3 Å². The first-order chi connectivity index (χ1) is 19.4. The zero-order chi connectivity index (χ0) is 28.1. The molecule has 0 aliphatic heterocycles. The third kappa shape index (κ3) is 6.26. The Morgan fingerprint density at radius 2 is 1.73 bits per heavy atom. The molecular weight excluding hydrogens is 507 g/mol. The summed E-state index contributed by atoms with van der Waals surface area (Å²) in [5, 5.41) is 13.5. The molecule has 0 bridgehead atoms. The molecule has 5 aromatic rings. The van der Waals surface area contributed by atoms with Crippen molar-refractivity contribution in [2.75, 3.05) is 6.61 Å². The number of ether oxygens (including phenoxy) is 1. The lowest BCUT2D eigenvalue weighted by atomic mass is 10.1. The Morgan fingerprint density at radius 3 is 2.45 bits per heavy atom. The molecule has 1 N–H and O–H groups in total. The van der Waals surface area contributed by atoms with E-state index in [0.717, 1.165) is 34.2 Å². The van der Waals surface area contributed by atoms with Crippen molar-refractivity contribution in [3.63, 3.8) is 0 Å². The number of hydrogen-bond donors (Lipinski definition) is 1. The van der Waals surface area contributed by atoms with Crippen molar-refractivity contribution in [3.05, 3.63) is 117 Å². The number of benzene rings is 3. The standard InChI is InChI=1S/C31H33FN6O2/c1-4-29(30-34-35-36-38(30)19-23-10-12-26(32)13-11-23)37(18-22-8-6-21(3)7-9-22)20-25-16-24-17-27(40-5-2)14-15-28(24)33-31(25)39/h6-17,29H,4-5,18-20H2,1-3H3,(H,33,39)/t29-/m0/s1. The van der Waals surface area contributed by atoms with Crippen LogP contribution in [-0.4, -0.2) is 36.7 Å². The SMILES string of the molecule is CCOc1ccc2[nH]c(=O)c(CN(Cc3ccc(C)cc3)[C@@H](CC)c3nnnn3Cc3ccc(F)cc3)cc2c1. The lowest BCUT2D eigenvalue weighted by Gasteiger charge is -2.30. The van der Waals surface area contributed by atoms with Gasteiger partial charge in [0.05, 0.1) is 19.2 Å². The van der Waals surface area contributed by atoms with Gasteiger partial charge in [0.1, 0.15) is 11.6 Å². The third-order valence-electron chi connectivity index (χ3n) is 7.01. The average Bonchev–Trinajstić information content (AvgIpc) is 3.40. The molecule has 0 unspecified atom stereocenters. The highest BCUT2D eigenvalue weighted by Crippen LogP contribution is 2.27. The first-order valence-corrected chi connectivity index (χ1v) is 13.5. The van der Waals surface area contributed by atoms with Gasteiger partial charge in [-0.25, -0.2) is 9.07 Å². The Balaban J connectivity index is 1.51. The fraction of sp³-hybridized carbons (Fsp3) is 0.290. The summed E-state index contributed by atoms with van der Waals surface area (Å²) in [6.45, 7) is 8.05. The van der Waals surface area contributed by atoms with Crippen molar-refractivity contribution in [3.8, 4) is 5.75 Å². The van der Waals surface area contributed by atoms with Gasteiger partial charge in [0.25, 0.3) is 5.56 Å². The molecule has 0 amide bonds. The van der Waals surface area contributed by atoms with Crippen molar-refractivity contribution in [1.29, 1.82) is 0 Å². The molecule has 5 rings (SSSR count). The van der Waals surface area contributed by atoms with Crippen LogP contribution in [-0.2, 0) is 19.6 Å². The molecule has 0 fully saturated rings. The zero-order valence-corrected chi connectivity index (χ0v) is 23.0. The Morgan fingerprint density at radius 1 is 0.975 bits per heavy atom. The molecule has 0 aliphatic rings. The second-order valence-corrected chi connectivity index (χ2v) is 9.94. The molecular formula is C31H33FN6O2. The number of nitrogens with one attached hydrogen (secondary N) is 1. The lowest BCUT2D eigenvalue weighted by molar-refractivity contribution is 0.161. The van der Waals surface area contributed by atoms with Gasteiger partial charge in [-0.3, -0.25) is 9.69 Å². The Bertz CT molecular complexity index is 1630. The molecule has 1 atom stereocenters. The van der Waals surface area contributed by atoms with Gasteiger partial charge in [-0.1, -0.05) is 48.9 Å². The minimum Gasteiger partial charge on any atom is -0.494 e. The predicted molar refractivity (Wildman–Crippen MR) is 153 cm³/mol. The fourth-order valence-corrected chi connectivity index (χ4v) is 4.96. The molecule has 8 nitrogen and oxygen atoms in total. The summed E-state index contributed by atoms with van der Waals surface area (Å²) in [5.74, 6) is 1.16.